The van der Waals surface area contributed by atoms with Crippen LogP contribution in [-0.2, 0) is 114 Å². The molecule has 6 N–H and O–H groups in total. The molecular weight excluding hydrogens is 1330 g/mol. The maximum atomic E-state index is 12.6. The van der Waals surface area contributed by atoms with E-state index in [0.29, 0.717) is 353 Å². The molecule has 0 aromatic rings. The fraction of sp³-hybridized carbons (Fsp3) is 0.918. The zero-order chi connectivity index (χ0) is 74.4. The number of likely N-dealkylation sites (N-methyl/N-ethyl adjacent to an activating group) is 1. The summed E-state index contributed by atoms with van der Waals surface area (Å²) in [5.74, 6) is 0.263. The van der Waals surface area contributed by atoms with E-state index in [1.807, 2.05) is 7.05 Å². The number of nitrogens with one attached hydrogen (secondary N) is 4. The third-order valence-corrected chi connectivity index (χ3v) is 15.9. The largest absolute Gasteiger partial charge is 0.379 e. The van der Waals surface area contributed by atoms with Crippen LogP contribution in [0.3, 0.4) is 0 Å². The zero-order valence-electron chi connectivity index (χ0n) is 63.8. The summed E-state index contributed by atoms with van der Waals surface area (Å²) >= 11 is 0. The van der Waals surface area contributed by atoms with Crippen molar-refractivity contribution in [1.82, 2.24) is 21.3 Å². The molecule has 0 spiro atoms. The maximum absolute atomic E-state index is 12.6. The van der Waals surface area contributed by atoms with Crippen molar-refractivity contribution < 1.29 is 114 Å². The summed E-state index contributed by atoms with van der Waals surface area (Å²) in [7, 11) is 3.49. The first-order chi connectivity index (χ1) is 49.9. The van der Waals surface area contributed by atoms with E-state index in [-0.39, 0.29) is 41.8 Å². The second kappa shape index (κ2) is 77.2. The molecule has 0 aliphatic rings. The number of hydrogen-bond donors (Lipinski definition) is 5. The Kier molecular flexibility index (Phi) is 74.7. The Bertz CT molecular complexity index is 1910. The van der Waals surface area contributed by atoms with E-state index in [0.717, 1.165) is 32.4 Å². The summed E-state index contributed by atoms with van der Waals surface area (Å²) < 4.78 is 103. The molecule has 2 atom stereocenters. The monoisotopic (exact) mass is 1470 g/mol. The molecule has 29 nitrogen and oxygen atoms in total. The van der Waals surface area contributed by atoms with Crippen LogP contribution in [0.5, 0.6) is 0 Å². The molecule has 0 aliphatic carbocycles. The lowest BCUT2D eigenvalue weighted by molar-refractivity contribution is -0.124. The molecule has 2 unspecified atom stereocenters. The highest BCUT2D eigenvalue weighted by molar-refractivity contribution is 5.80. The predicted molar refractivity (Wildman–Crippen MR) is 387 cm³/mol. The summed E-state index contributed by atoms with van der Waals surface area (Å²) in [5.41, 5.74) is 4.75. The summed E-state index contributed by atoms with van der Waals surface area (Å²) in [6, 6.07) is 0. The molecule has 0 saturated carbocycles. The SMILES string of the molecule is CCCOCCOCCOCCOCCOCCOCNC(=O)CCCCC(=O)CCCOCCOCC(CC)(COCCOCCN)COCCOCCCC(=O)CCCCC(=O)NCCOCCOCC(CC)(COCCOCCCC(=O)CCCCC(=O)NC)COCCOCCNC. The van der Waals surface area contributed by atoms with Crippen LogP contribution >= 0.6 is 0 Å². The first kappa shape index (κ1) is 98.6. The molecule has 0 aliphatic heterocycles. The fourth-order valence-corrected chi connectivity index (χ4v) is 9.50. The Morgan fingerprint density at radius 1 is 0.275 bits per heavy atom. The normalized spacial score (nSPS) is 12.8. The first-order valence-electron chi connectivity index (χ1n) is 38.0. The van der Waals surface area contributed by atoms with Gasteiger partial charge in [-0.25, -0.2) is 0 Å². The molecule has 102 heavy (non-hydrogen) atoms. The van der Waals surface area contributed by atoms with E-state index in [1.165, 1.54) is 0 Å². The van der Waals surface area contributed by atoms with Crippen molar-refractivity contribution >= 4 is 35.1 Å². The van der Waals surface area contributed by atoms with Crippen LogP contribution in [0.2, 0.25) is 0 Å². The van der Waals surface area contributed by atoms with Crippen molar-refractivity contribution in [3.63, 3.8) is 0 Å². The van der Waals surface area contributed by atoms with Crippen molar-refractivity contribution in [2.45, 2.75) is 156 Å². The van der Waals surface area contributed by atoms with E-state index >= 15 is 0 Å². The Morgan fingerprint density at radius 3 is 0.863 bits per heavy atom. The van der Waals surface area contributed by atoms with Gasteiger partial charge < -0.3 is 112 Å². The van der Waals surface area contributed by atoms with E-state index in [1.54, 1.807) is 7.05 Å². The van der Waals surface area contributed by atoms with Gasteiger partial charge in [0.1, 0.15) is 24.1 Å². The van der Waals surface area contributed by atoms with Crippen LogP contribution in [0, 0.1) is 10.8 Å². The Hall–Kier alpha value is -3.38. The topological polar surface area (TPSA) is 343 Å². The number of carbonyl (C=O) groups excluding carboxylic acids is 6. The van der Waals surface area contributed by atoms with Crippen LogP contribution in [0.25, 0.3) is 0 Å². The molecule has 0 bridgehead atoms. The van der Waals surface area contributed by atoms with Gasteiger partial charge in [-0.3, -0.25) is 28.8 Å². The maximum Gasteiger partial charge on any atom is 0.221 e. The van der Waals surface area contributed by atoms with Gasteiger partial charge in [-0.1, -0.05) is 20.8 Å². The molecule has 0 heterocycles. The quantitative estimate of drug-likeness (QED) is 0.0379. The second-order valence-corrected chi connectivity index (χ2v) is 24.9. The second-order valence-electron chi connectivity index (χ2n) is 24.9. The highest BCUT2D eigenvalue weighted by atomic mass is 16.6. The van der Waals surface area contributed by atoms with Gasteiger partial charge in [-0.2, -0.15) is 0 Å². The number of unbranched alkanes of at least 4 members (excludes halogenated alkanes) is 3. The van der Waals surface area contributed by atoms with Crippen molar-refractivity contribution in [1.29, 1.82) is 0 Å². The number of hydrogen-bond acceptors (Lipinski definition) is 26. The van der Waals surface area contributed by atoms with Crippen LogP contribution in [0.1, 0.15) is 156 Å². The average molecular weight is 1470 g/mol. The predicted octanol–water partition coefficient (Wildman–Crippen LogP) is 5.33. The molecule has 0 rings (SSSR count). The molecule has 0 radical (unpaired) electrons. The molecule has 0 saturated heterocycles. The number of rotatable bonds is 86. The highest BCUT2D eigenvalue weighted by Crippen LogP contribution is 2.25. The average Bonchev–Trinajstić information content (AvgIpc) is 0.909. The Morgan fingerprint density at radius 2 is 0.539 bits per heavy atom. The van der Waals surface area contributed by atoms with Gasteiger partial charge >= 0.3 is 0 Å². The van der Waals surface area contributed by atoms with Gasteiger partial charge in [0.2, 0.25) is 17.7 Å². The molecular formula is C73H141N5O24. The standard InChI is InChI=1S/C73H141N5O24/c1-6-30-85-37-38-92-39-40-93-41-42-94-43-44-95-51-58-102-65-78-71(84)26-14-11-20-68(81)23-17-33-88-46-53-97-60-72(7-2,62-99-55-48-89-34-27-74)59-96-52-45-87-32-16-22-67(80)19-10-13-25-70(83)77-29-36-91-50-57-101-64-73(8-3,63-100-56-49-90-35-28-75-4)61-98-54-47-86-31-15-21-66(79)18-9-12-24-69(82)76-5/h75H,6-65,74H2,1-5H3,(H,76,82)(H,77,83)(H,78,84). The van der Waals surface area contributed by atoms with Crippen LogP contribution < -0.4 is 27.0 Å². The van der Waals surface area contributed by atoms with E-state index in [2.05, 4.69) is 42.0 Å². The molecule has 3 amide bonds. The first-order valence-corrected chi connectivity index (χ1v) is 38.0. The lowest BCUT2D eigenvalue weighted by atomic mass is 9.88. The molecule has 602 valence electrons. The number of nitrogens with two attached hydrogens (primary N) is 1. The third kappa shape index (κ3) is 68.4. The summed E-state index contributed by atoms with van der Waals surface area (Å²) in [5, 5.41) is 11.3. The van der Waals surface area contributed by atoms with Crippen molar-refractivity contribution in [3.8, 4) is 0 Å². The van der Waals surface area contributed by atoms with Gasteiger partial charge in [0, 0.05) is 122 Å². The van der Waals surface area contributed by atoms with E-state index in [4.69, 9.17) is 91.0 Å². The Balaban J connectivity index is 4.24. The minimum Gasteiger partial charge on any atom is -0.379 e. The van der Waals surface area contributed by atoms with E-state index in [9.17, 15) is 28.8 Å². The lowest BCUT2D eigenvalue weighted by Gasteiger charge is -2.32. The van der Waals surface area contributed by atoms with Gasteiger partial charge in [0.15, 0.2) is 0 Å². The van der Waals surface area contributed by atoms with Gasteiger partial charge in [0.25, 0.3) is 0 Å². The van der Waals surface area contributed by atoms with Crippen molar-refractivity contribution in [3.05, 3.63) is 0 Å². The van der Waals surface area contributed by atoms with Gasteiger partial charge in [-0.15, -0.1) is 0 Å². The summed E-state index contributed by atoms with van der Waals surface area (Å²) in [4.78, 5) is 73.3. The lowest BCUT2D eigenvalue weighted by Crippen LogP contribution is -2.38. The number of amides is 3. The van der Waals surface area contributed by atoms with Gasteiger partial charge in [-0.05, 0) is 84.1 Å². The molecule has 0 fully saturated rings. The van der Waals surface area contributed by atoms with E-state index < -0.39 is 10.8 Å². The van der Waals surface area contributed by atoms with Crippen molar-refractivity contribution in [2.24, 2.45) is 16.6 Å². The minimum absolute atomic E-state index is 0.00734. The fourth-order valence-electron chi connectivity index (χ4n) is 9.50. The number of ketones is 3. The molecule has 0 aromatic carbocycles. The van der Waals surface area contributed by atoms with Gasteiger partial charge in [0.05, 0.1) is 205 Å². The Labute approximate surface area is 612 Å². The van der Waals surface area contributed by atoms with Crippen LogP contribution in [-0.4, -0.2) is 307 Å². The smallest absolute Gasteiger partial charge is 0.221 e. The number of carbonyl (C=O) groups is 6. The zero-order valence-corrected chi connectivity index (χ0v) is 63.8. The van der Waals surface area contributed by atoms with Crippen LogP contribution in [0.15, 0.2) is 0 Å². The number of Topliss-reactive ketones (excluding diaryl/α,β-unsaturated/α-hetero) is 3. The molecule has 29 heteroatoms. The summed E-state index contributed by atoms with van der Waals surface area (Å²) in [6.07, 6.45) is 11.9. The molecule has 0 aromatic heterocycles. The highest BCUT2D eigenvalue weighted by Gasteiger charge is 2.31. The number of ether oxygens (including phenoxy) is 18. The minimum atomic E-state index is -0.414. The third-order valence-electron chi connectivity index (χ3n) is 15.9. The summed E-state index contributed by atoms with van der Waals surface area (Å²) in [6.45, 7) is 23.4. The van der Waals surface area contributed by atoms with Crippen molar-refractivity contribution in [2.75, 3.05) is 272 Å². The van der Waals surface area contributed by atoms with Crippen LogP contribution in [0.4, 0.5) is 0 Å².